The van der Waals surface area contributed by atoms with Crippen LogP contribution in [0.15, 0.2) is 36.4 Å². The molecule has 0 spiro atoms. The van der Waals surface area contributed by atoms with Crippen LogP contribution in [-0.4, -0.2) is 30.5 Å². The summed E-state index contributed by atoms with van der Waals surface area (Å²) in [5.41, 5.74) is 1.60. The van der Waals surface area contributed by atoms with Gasteiger partial charge in [-0.2, -0.15) is 0 Å². The minimum atomic E-state index is 0.0806. The lowest BCUT2D eigenvalue weighted by molar-refractivity contribution is 0.0720. The summed E-state index contributed by atoms with van der Waals surface area (Å²) in [4.78, 5) is 14.4. The molecule has 3 heteroatoms. The number of para-hydroxylation sites is 1. The van der Waals surface area contributed by atoms with Crippen LogP contribution in [-0.2, 0) is 0 Å². The van der Waals surface area contributed by atoms with E-state index in [2.05, 4.69) is 6.58 Å². The van der Waals surface area contributed by atoms with Crippen LogP contribution in [0, 0.1) is 0 Å². The zero-order valence-corrected chi connectivity index (χ0v) is 11.5. The molecule has 102 valence electrons. The van der Waals surface area contributed by atoms with E-state index in [0.29, 0.717) is 17.9 Å². The number of hydrogen-bond acceptors (Lipinski definition) is 2. The highest BCUT2D eigenvalue weighted by molar-refractivity contribution is 5.97. The molecular formula is C16H21NO2. The van der Waals surface area contributed by atoms with E-state index >= 15 is 0 Å². The Kier molecular flexibility index (Phi) is 4.61. The SMILES string of the molecule is C=C(C)COc1ccccc1C(=O)N1CCCCC1. The van der Waals surface area contributed by atoms with Crippen molar-refractivity contribution < 1.29 is 9.53 Å². The van der Waals surface area contributed by atoms with Crippen LogP contribution in [0.1, 0.15) is 36.5 Å². The molecule has 1 fully saturated rings. The molecule has 0 N–H and O–H groups in total. The van der Waals surface area contributed by atoms with Gasteiger partial charge in [-0.05, 0) is 43.9 Å². The van der Waals surface area contributed by atoms with Gasteiger partial charge >= 0.3 is 0 Å². The Hall–Kier alpha value is -1.77. The monoisotopic (exact) mass is 259 g/mol. The van der Waals surface area contributed by atoms with E-state index in [-0.39, 0.29) is 5.91 Å². The van der Waals surface area contributed by atoms with E-state index in [1.807, 2.05) is 36.1 Å². The van der Waals surface area contributed by atoms with Crippen molar-refractivity contribution in [3.8, 4) is 5.75 Å². The van der Waals surface area contributed by atoms with Gasteiger partial charge in [0.2, 0.25) is 0 Å². The minimum Gasteiger partial charge on any atom is -0.488 e. The van der Waals surface area contributed by atoms with Crippen LogP contribution in [0.2, 0.25) is 0 Å². The Labute approximate surface area is 114 Å². The second-order valence-electron chi connectivity index (χ2n) is 5.09. The molecule has 1 aliphatic heterocycles. The average Bonchev–Trinajstić information content (AvgIpc) is 2.45. The highest BCUT2D eigenvalue weighted by Gasteiger charge is 2.20. The molecule has 0 saturated carbocycles. The van der Waals surface area contributed by atoms with Crippen LogP contribution in [0.3, 0.4) is 0 Å². The van der Waals surface area contributed by atoms with Gasteiger partial charge in [-0.3, -0.25) is 4.79 Å². The zero-order valence-electron chi connectivity index (χ0n) is 11.5. The first-order valence-corrected chi connectivity index (χ1v) is 6.84. The number of nitrogens with zero attached hydrogens (tertiary/aromatic N) is 1. The van der Waals surface area contributed by atoms with Gasteiger partial charge in [0.15, 0.2) is 0 Å². The van der Waals surface area contributed by atoms with Gasteiger partial charge in [0.05, 0.1) is 5.56 Å². The van der Waals surface area contributed by atoms with Gasteiger partial charge < -0.3 is 9.64 Å². The van der Waals surface area contributed by atoms with Crippen molar-refractivity contribution >= 4 is 5.91 Å². The van der Waals surface area contributed by atoms with Crippen LogP contribution in [0.25, 0.3) is 0 Å². The Morgan fingerprint density at radius 2 is 1.95 bits per heavy atom. The third-order valence-electron chi connectivity index (χ3n) is 3.23. The molecule has 0 aliphatic carbocycles. The molecule has 0 radical (unpaired) electrons. The molecule has 0 aromatic heterocycles. The molecule has 19 heavy (non-hydrogen) atoms. The number of hydrogen-bond donors (Lipinski definition) is 0. The molecule has 1 heterocycles. The van der Waals surface area contributed by atoms with Crippen molar-refractivity contribution in [1.82, 2.24) is 4.90 Å². The first-order valence-electron chi connectivity index (χ1n) is 6.84. The van der Waals surface area contributed by atoms with Crippen LogP contribution >= 0.6 is 0 Å². The average molecular weight is 259 g/mol. The predicted molar refractivity (Wildman–Crippen MR) is 76.5 cm³/mol. The standard InChI is InChI=1S/C16H21NO2/c1-13(2)12-19-15-9-5-4-8-14(15)16(18)17-10-6-3-7-11-17/h4-5,8-9H,1,3,6-7,10-12H2,2H3. The van der Waals surface area contributed by atoms with Crippen molar-refractivity contribution in [2.45, 2.75) is 26.2 Å². The summed E-state index contributed by atoms with van der Waals surface area (Å²) in [5.74, 6) is 0.734. The largest absolute Gasteiger partial charge is 0.488 e. The van der Waals surface area contributed by atoms with Crippen LogP contribution < -0.4 is 4.74 Å². The maximum atomic E-state index is 12.5. The molecule has 0 bridgehead atoms. The molecule has 2 rings (SSSR count). The molecule has 1 aromatic rings. The normalized spacial score (nSPS) is 15.1. The third-order valence-corrected chi connectivity index (χ3v) is 3.23. The van der Waals surface area contributed by atoms with E-state index in [1.54, 1.807) is 0 Å². The maximum Gasteiger partial charge on any atom is 0.257 e. The number of carbonyl (C=O) groups excluding carboxylic acids is 1. The molecule has 3 nitrogen and oxygen atoms in total. The number of likely N-dealkylation sites (tertiary alicyclic amines) is 1. The van der Waals surface area contributed by atoms with Crippen molar-refractivity contribution in [1.29, 1.82) is 0 Å². The smallest absolute Gasteiger partial charge is 0.257 e. The second kappa shape index (κ2) is 6.41. The quantitative estimate of drug-likeness (QED) is 0.777. The maximum absolute atomic E-state index is 12.5. The van der Waals surface area contributed by atoms with E-state index in [1.165, 1.54) is 6.42 Å². The third kappa shape index (κ3) is 3.60. The summed E-state index contributed by atoms with van der Waals surface area (Å²) >= 11 is 0. The van der Waals surface area contributed by atoms with Gasteiger partial charge in [-0.25, -0.2) is 0 Å². The number of ether oxygens (including phenoxy) is 1. The lowest BCUT2D eigenvalue weighted by Gasteiger charge is -2.27. The fraction of sp³-hybridized carbons (Fsp3) is 0.438. The van der Waals surface area contributed by atoms with Gasteiger partial charge in [0, 0.05) is 13.1 Å². The summed E-state index contributed by atoms with van der Waals surface area (Å²) in [6.45, 7) is 7.88. The topological polar surface area (TPSA) is 29.5 Å². The highest BCUT2D eigenvalue weighted by atomic mass is 16.5. The number of benzene rings is 1. The number of piperidine rings is 1. The molecule has 0 unspecified atom stereocenters. The summed E-state index contributed by atoms with van der Waals surface area (Å²) in [6, 6.07) is 7.45. The summed E-state index contributed by atoms with van der Waals surface area (Å²) < 4.78 is 5.66. The summed E-state index contributed by atoms with van der Waals surface area (Å²) in [7, 11) is 0. The first kappa shape index (κ1) is 13.7. The minimum absolute atomic E-state index is 0.0806. The highest BCUT2D eigenvalue weighted by Crippen LogP contribution is 2.22. The molecule has 1 aliphatic rings. The summed E-state index contributed by atoms with van der Waals surface area (Å²) in [6.07, 6.45) is 3.42. The van der Waals surface area contributed by atoms with E-state index in [4.69, 9.17) is 4.74 Å². The van der Waals surface area contributed by atoms with E-state index in [9.17, 15) is 4.79 Å². The van der Waals surface area contributed by atoms with E-state index in [0.717, 1.165) is 31.5 Å². The van der Waals surface area contributed by atoms with Crippen molar-refractivity contribution in [2.24, 2.45) is 0 Å². The molecule has 1 saturated heterocycles. The van der Waals surface area contributed by atoms with Crippen molar-refractivity contribution in [3.63, 3.8) is 0 Å². The van der Waals surface area contributed by atoms with Crippen LogP contribution in [0.5, 0.6) is 5.75 Å². The lowest BCUT2D eigenvalue weighted by atomic mass is 10.1. The molecule has 0 atom stereocenters. The summed E-state index contributed by atoms with van der Waals surface area (Å²) in [5, 5.41) is 0. The second-order valence-corrected chi connectivity index (χ2v) is 5.09. The number of amides is 1. The number of carbonyl (C=O) groups is 1. The van der Waals surface area contributed by atoms with Gasteiger partial charge in [0.1, 0.15) is 12.4 Å². The van der Waals surface area contributed by atoms with E-state index < -0.39 is 0 Å². The lowest BCUT2D eigenvalue weighted by Crippen LogP contribution is -2.35. The van der Waals surface area contributed by atoms with Crippen molar-refractivity contribution in [2.75, 3.05) is 19.7 Å². The predicted octanol–water partition coefficient (Wildman–Crippen LogP) is 3.27. The molecule has 1 amide bonds. The van der Waals surface area contributed by atoms with Gasteiger partial charge in [0.25, 0.3) is 5.91 Å². The Bertz CT molecular complexity index is 462. The Morgan fingerprint density at radius 3 is 2.63 bits per heavy atom. The Balaban J connectivity index is 2.13. The van der Waals surface area contributed by atoms with Crippen molar-refractivity contribution in [3.05, 3.63) is 42.0 Å². The van der Waals surface area contributed by atoms with Gasteiger partial charge in [-0.15, -0.1) is 0 Å². The van der Waals surface area contributed by atoms with Gasteiger partial charge in [-0.1, -0.05) is 18.7 Å². The molecular weight excluding hydrogens is 238 g/mol. The fourth-order valence-electron chi connectivity index (χ4n) is 2.24. The molecule has 1 aromatic carbocycles. The fourth-order valence-corrected chi connectivity index (χ4v) is 2.24. The number of rotatable bonds is 4. The zero-order chi connectivity index (χ0) is 13.7. The first-order chi connectivity index (χ1) is 9.18. The van der Waals surface area contributed by atoms with Crippen LogP contribution in [0.4, 0.5) is 0 Å². The Morgan fingerprint density at radius 1 is 1.26 bits per heavy atom.